The molecule has 2 saturated carbocycles. The van der Waals surface area contributed by atoms with Crippen LogP contribution in [0.5, 0.6) is 0 Å². The number of sulfonamides is 1. The Balaban J connectivity index is 1.76. The van der Waals surface area contributed by atoms with E-state index >= 15 is 0 Å². The van der Waals surface area contributed by atoms with Crippen LogP contribution in [0.2, 0.25) is 0 Å². The predicted octanol–water partition coefficient (Wildman–Crippen LogP) is 1.61. The molecule has 0 aromatic heterocycles. The maximum atomic E-state index is 12.4. The second-order valence-corrected chi connectivity index (χ2v) is 7.38. The summed E-state index contributed by atoms with van der Waals surface area (Å²) in [5, 5.41) is 0. The summed E-state index contributed by atoms with van der Waals surface area (Å²) < 4.78 is 27.6. The summed E-state index contributed by atoms with van der Waals surface area (Å²) >= 11 is 0. The summed E-state index contributed by atoms with van der Waals surface area (Å²) in [6.07, 6.45) is 4.65. The maximum absolute atomic E-state index is 12.4. The third kappa shape index (κ3) is 2.99. The van der Waals surface area contributed by atoms with Gasteiger partial charge in [-0.2, -0.15) is 0 Å². The zero-order valence-corrected chi connectivity index (χ0v) is 11.7. The van der Waals surface area contributed by atoms with Crippen LogP contribution in [0, 0.1) is 11.8 Å². The molecule has 0 aliphatic heterocycles. The van der Waals surface area contributed by atoms with Crippen molar-refractivity contribution in [1.82, 2.24) is 4.72 Å². The van der Waals surface area contributed by atoms with Gasteiger partial charge in [-0.3, -0.25) is 0 Å². The minimum Gasteiger partial charge on any atom is -0.326 e. The molecule has 4 nitrogen and oxygen atoms in total. The van der Waals surface area contributed by atoms with Gasteiger partial charge in [0.1, 0.15) is 0 Å². The van der Waals surface area contributed by atoms with Crippen molar-refractivity contribution in [3.05, 3.63) is 29.8 Å². The van der Waals surface area contributed by atoms with Crippen LogP contribution in [0.15, 0.2) is 29.2 Å². The Bertz CT molecular complexity index is 533. The van der Waals surface area contributed by atoms with Gasteiger partial charge >= 0.3 is 0 Å². The van der Waals surface area contributed by atoms with Crippen LogP contribution in [0.3, 0.4) is 0 Å². The topological polar surface area (TPSA) is 72.2 Å². The highest BCUT2D eigenvalue weighted by molar-refractivity contribution is 7.89. The number of rotatable bonds is 6. The van der Waals surface area contributed by atoms with Crippen molar-refractivity contribution in [3.63, 3.8) is 0 Å². The van der Waals surface area contributed by atoms with Crippen LogP contribution in [-0.2, 0) is 16.6 Å². The van der Waals surface area contributed by atoms with Gasteiger partial charge in [0, 0.05) is 12.6 Å². The molecule has 0 atom stereocenters. The van der Waals surface area contributed by atoms with Crippen LogP contribution in [0.25, 0.3) is 0 Å². The summed E-state index contributed by atoms with van der Waals surface area (Å²) in [6.45, 7) is 0.431. The Morgan fingerprint density at radius 1 is 1.11 bits per heavy atom. The van der Waals surface area contributed by atoms with E-state index in [0.717, 1.165) is 31.2 Å². The zero-order valence-electron chi connectivity index (χ0n) is 10.9. The standard InChI is InChI=1S/C14H20N2O2S/c15-9-10-1-7-13(8-2-10)19(17,18)16-14(11-3-4-11)12-5-6-12/h1-2,7-8,11-12,14,16H,3-6,9,15H2. The highest BCUT2D eigenvalue weighted by Crippen LogP contribution is 2.45. The first-order valence-electron chi connectivity index (χ1n) is 6.91. The summed E-state index contributed by atoms with van der Waals surface area (Å²) in [5.74, 6) is 1.12. The van der Waals surface area contributed by atoms with Gasteiger partial charge in [0.15, 0.2) is 0 Å². The molecular weight excluding hydrogens is 260 g/mol. The molecule has 3 rings (SSSR count). The molecule has 1 aromatic carbocycles. The Morgan fingerprint density at radius 2 is 1.63 bits per heavy atom. The normalized spacial score (nSPS) is 19.9. The van der Waals surface area contributed by atoms with Crippen molar-refractivity contribution in [1.29, 1.82) is 0 Å². The third-order valence-corrected chi connectivity index (χ3v) is 5.50. The quantitative estimate of drug-likeness (QED) is 0.831. The number of hydrogen-bond donors (Lipinski definition) is 2. The maximum Gasteiger partial charge on any atom is 0.240 e. The number of nitrogens with one attached hydrogen (secondary N) is 1. The summed E-state index contributed by atoms with van der Waals surface area (Å²) in [5.41, 5.74) is 6.46. The molecule has 104 valence electrons. The Labute approximate surface area is 114 Å². The monoisotopic (exact) mass is 280 g/mol. The number of hydrogen-bond acceptors (Lipinski definition) is 3. The largest absolute Gasteiger partial charge is 0.326 e. The molecule has 0 radical (unpaired) electrons. The van der Waals surface area contributed by atoms with Crippen LogP contribution in [0.4, 0.5) is 0 Å². The van der Waals surface area contributed by atoms with E-state index in [1.807, 2.05) is 0 Å². The fourth-order valence-electron chi connectivity index (χ4n) is 2.54. The molecule has 2 fully saturated rings. The molecule has 3 N–H and O–H groups in total. The molecule has 0 unspecified atom stereocenters. The lowest BCUT2D eigenvalue weighted by Gasteiger charge is -2.17. The molecule has 2 aliphatic rings. The molecule has 0 spiro atoms. The van der Waals surface area contributed by atoms with Gasteiger partial charge in [-0.05, 0) is 55.2 Å². The van der Waals surface area contributed by atoms with E-state index in [4.69, 9.17) is 5.73 Å². The summed E-state index contributed by atoms with van der Waals surface area (Å²) in [6, 6.07) is 6.98. The van der Waals surface area contributed by atoms with E-state index in [9.17, 15) is 8.42 Å². The molecule has 0 bridgehead atoms. The Hall–Kier alpha value is -0.910. The molecular formula is C14H20N2O2S. The van der Waals surface area contributed by atoms with E-state index in [2.05, 4.69) is 4.72 Å². The van der Waals surface area contributed by atoms with Crippen LogP contribution >= 0.6 is 0 Å². The second-order valence-electron chi connectivity index (χ2n) is 5.67. The van der Waals surface area contributed by atoms with E-state index in [1.165, 1.54) is 0 Å². The van der Waals surface area contributed by atoms with Gasteiger partial charge in [-0.25, -0.2) is 13.1 Å². The van der Waals surface area contributed by atoms with E-state index < -0.39 is 10.0 Å². The van der Waals surface area contributed by atoms with Crippen molar-refractivity contribution >= 4 is 10.0 Å². The highest BCUT2D eigenvalue weighted by atomic mass is 32.2. The third-order valence-electron chi connectivity index (χ3n) is 4.02. The van der Waals surface area contributed by atoms with Gasteiger partial charge in [0.25, 0.3) is 0 Å². The fourth-order valence-corrected chi connectivity index (χ4v) is 3.91. The van der Waals surface area contributed by atoms with Crippen molar-refractivity contribution in [3.8, 4) is 0 Å². The SMILES string of the molecule is NCc1ccc(S(=O)(=O)NC(C2CC2)C2CC2)cc1. The molecule has 0 saturated heterocycles. The van der Waals surface area contributed by atoms with Crippen LogP contribution in [-0.4, -0.2) is 14.5 Å². The molecule has 0 heterocycles. The van der Waals surface area contributed by atoms with E-state index in [0.29, 0.717) is 23.3 Å². The lowest BCUT2D eigenvalue weighted by Crippen LogP contribution is -2.38. The first-order valence-corrected chi connectivity index (χ1v) is 8.40. The van der Waals surface area contributed by atoms with Crippen molar-refractivity contribution < 1.29 is 8.42 Å². The van der Waals surface area contributed by atoms with E-state index in [-0.39, 0.29) is 6.04 Å². The van der Waals surface area contributed by atoms with Crippen molar-refractivity contribution in [2.24, 2.45) is 17.6 Å². The molecule has 0 amide bonds. The zero-order chi connectivity index (χ0) is 13.5. The van der Waals surface area contributed by atoms with E-state index in [1.54, 1.807) is 24.3 Å². The second kappa shape index (κ2) is 4.89. The van der Waals surface area contributed by atoms with Crippen LogP contribution < -0.4 is 10.5 Å². The Kier molecular flexibility index (Phi) is 3.37. The Morgan fingerprint density at radius 3 is 2.05 bits per heavy atom. The van der Waals surface area contributed by atoms with Crippen LogP contribution in [0.1, 0.15) is 31.2 Å². The predicted molar refractivity (Wildman–Crippen MR) is 73.9 cm³/mol. The lowest BCUT2D eigenvalue weighted by atomic mass is 10.1. The first-order chi connectivity index (χ1) is 9.10. The smallest absolute Gasteiger partial charge is 0.240 e. The highest BCUT2D eigenvalue weighted by Gasteiger charge is 2.43. The van der Waals surface area contributed by atoms with Gasteiger partial charge in [0.2, 0.25) is 10.0 Å². The first kappa shape index (κ1) is 13.1. The number of nitrogens with two attached hydrogens (primary N) is 1. The minimum atomic E-state index is -3.39. The fraction of sp³-hybridized carbons (Fsp3) is 0.571. The van der Waals surface area contributed by atoms with Gasteiger partial charge < -0.3 is 5.73 Å². The molecule has 19 heavy (non-hydrogen) atoms. The summed E-state index contributed by atoms with van der Waals surface area (Å²) in [4.78, 5) is 0.344. The van der Waals surface area contributed by atoms with Gasteiger partial charge in [-0.15, -0.1) is 0 Å². The molecule has 1 aromatic rings. The van der Waals surface area contributed by atoms with Crippen molar-refractivity contribution in [2.45, 2.75) is 43.2 Å². The lowest BCUT2D eigenvalue weighted by molar-refractivity contribution is 0.471. The summed E-state index contributed by atoms with van der Waals surface area (Å²) in [7, 11) is -3.39. The van der Waals surface area contributed by atoms with Crippen molar-refractivity contribution in [2.75, 3.05) is 0 Å². The average molecular weight is 280 g/mol. The average Bonchev–Trinajstić information content (AvgIpc) is 3.29. The minimum absolute atomic E-state index is 0.152. The van der Waals surface area contributed by atoms with Gasteiger partial charge in [0.05, 0.1) is 4.90 Å². The molecule has 2 aliphatic carbocycles. The molecule has 5 heteroatoms. The number of benzene rings is 1. The van der Waals surface area contributed by atoms with Gasteiger partial charge in [-0.1, -0.05) is 12.1 Å².